The van der Waals surface area contributed by atoms with Gasteiger partial charge in [-0.3, -0.25) is 4.79 Å². The largest absolute Gasteiger partial charge is 0.393 e. The van der Waals surface area contributed by atoms with Gasteiger partial charge in [-0.25, -0.2) is 4.79 Å². The second-order valence-electron chi connectivity index (χ2n) is 4.98. The van der Waals surface area contributed by atoms with Crippen molar-refractivity contribution in [2.75, 3.05) is 5.75 Å². The third-order valence-corrected chi connectivity index (χ3v) is 5.28. The van der Waals surface area contributed by atoms with Crippen molar-refractivity contribution in [2.24, 2.45) is 16.5 Å². The maximum atomic E-state index is 12.2. The summed E-state index contributed by atoms with van der Waals surface area (Å²) in [6.07, 6.45) is -0.735. The second kappa shape index (κ2) is 6.50. The van der Waals surface area contributed by atoms with Crippen molar-refractivity contribution in [3.8, 4) is 0 Å². The summed E-state index contributed by atoms with van der Waals surface area (Å²) in [5.74, 6) is -0.519. The van der Waals surface area contributed by atoms with E-state index in [1.165, 1.54) is 16.7 Å². The molecule has 21 heavy (non-hydrogen) atoms. The van der Waals surface area contributed by atoms with Crippen LogP contribution in [0.15, 0.2) is 15.3 Å². The highest BCUT2D eigenvalue weighted by Crippen LogP contribution is 2.50. The molecule has 2 aliphatic heterocycles. The van der Waals surface area contributed by atoms with Gasteiger partial charge in [0.25, 0.3) is 7.98 Å². The fraction of sp³-hybridized carbons (Fsp3) is 0.667. The fourth-order valence-electron chi connectivity index (χ4n) is 2.97. The topological polar surface area (TPSA) is 79.2 Å². The van der Waals surface area contributed by atoms with Crippen LogP contribution in [0.3, 0.4) is 0 Å². The Hall–Kier alpha value is -0.845. The van der Waals surface area contributed by atoms with Crippen LogP contribution in [0.25, 0.3) is 0 Å². The van der Waals surface area contributed by atoms with E-state index in [4.69, 9.17) is 12.5 Å². The van der Waals surface area contributed by atoms with E-state index >= 15 is 0 Å². The second-order valence-corrected chi connectivity index (χ2v) is 6.86. The zero-order valence-electron chi connectivity index (χ0n) is 12.0. The molecule has 1 saturated heterocycles. The molecule has 2 rings (SSSR count). The van der Waals surface area contributed by atoms with Gasteiger partial charge in [-0.2, -0.15) is 0 Å². The van der Waals surface area contributed by atoms with Crippen LogP contribution in [0.5, 0.6) is 0 Å². The lowest BCUT2D eigenvalue weighted by Crippen LogP contribution is -2.63. The molecule has 0 aromatic carbocycles. The van der Waals surface area contributed by atoms with Gasteiger partial charge in [-0.15, -0.1) is 11.8 Å². The Bertz CT molecular complexity index is 525. The highest BCUT2D eigenvalue weighted by atomic mass is 32.2. The number of nitrogens with zero attached hydrogens (tertiary/aromatic N) is 2. The van der Waals surface area contributed by atoms with E-state index in [9.17, 15) is 14.7 Å². The predicted octanol–water partition coefficient (Wildman–Crippen LogP) is 1.48. The predicted molar refractivity (Wildman–Crippen MR) is 81.3 cm³/mol. The number of aliphatic hydroxyl groups excluding tert-OH is 1. The summed E-state index contributed by atoms with van der Waals surface area (Å²) < 4.78 is 8.13. The monoisotopic (exact) mass is 326 g/mol. The van der Waals surface area contributed by atoms with Crippen LogP contribution >= 0.6 is 20.4 Å². The molecule has 0 spiro atoms. The summed E-state index contributed by atoms with van der Waals surface area (Å²) in [6, 6.07) is -0.180. The molecule has 2 radical (unpaired) electrons. The van der Waals surface area contributed by atoms with E-state index < -0.39 is 18.0 Å². The number of carbonyl (C=O) groups is 2. The standard InChI is InChI=1S/C12H16BN2O4PS/c1-4-21-10-5(2)8-7(6(3)16)11(17)15(8)9(10)12(18)19-20-14-13/h5-8,16H,4H2,1-3H3. The van der Waals surface area contributed by atoms with Gasteiger partial charge >= 0.3 is 5.97 Å². The van der Waals surface area contributed by atoms with Gasteiger partial charge in [0.15, 0.2) is 0 Å². The molecule has 0 aliphatic carbocycles. The molecule has 6 nitrogen and oxygen atoms in total. The molecule has 2 heterocycles. The van der Waals surface area contributed by atoms with Crippen LogP contribution < -0.4 is 0 Å². The number of hydrogen-bond acceptors (Lipinski definition) is 6. The number of β-lactam (4-membered cyclic amide) rings is 1. The van der Waals surface area contributed by atoms with Gasteiger partial charge in [0.05, 0.1) is 18.1 Å². The summed E-state index contributed by atoms with van der Waals surface area (Å²) >= 11 is 1.52. The maximum Gasteiger partial charge on any atom is 0.365 e. The summed E-state index contributed by atoms with van der Waals surface area (Å²) in [7, 11) is 4.96. The molecule has 0 saturated carbocycles. The van der Waals surface area contributed by atoms with E-state index in [0.29, 0.717) is 0 Å². The summed E-state index contributed by atoms with van der Waals surface area (Å²) in [6.45, 7) is 5.54. The van der Waals surface area contributed by atoms with Gasteiger partial charge in [-0.1, -0.05) is 13.8 Å². The van der Waals surface area contributed by atoms with E-state index in [1.807, 2.05) is 13.8 Å². The van der Waals surface area contributed by atoms with Crippen LogP contribution in [-0.4, -0.2) is 47.8 Å². The summed E-state index contributed by atoms with van der Waals surface area (Å²) in [4.78, 5) is 26.7. The number of amides is 1. The quantitative estimate of drug-likeness (QED) is 0.470. The Kier molecular flexibility index (Phi) is 5.12. The maximum absolute atomic E-state index is 12.2. The lowest BCUT2D eigenvalue weighted by atomic mass is 9.79. The average Bonchev–Trinajstić information content (AvgIpc) is 2.66. The van der Waals surface area contributed by atoms with Gasteiger partial charge in [-0.05, 0) is 12.7 Å². The molecule has 1 amide bonds. The molecule has 112 valence electrons. The molecule has 2 aliphatic rings. The smallest absolute Gasteiger partial charge is 0.365 e. The molecule has 4 atom stereocenters. The molecule has 0 aromatic rings. The number of hydrogen-bond donors (Lipinski definition) is 1. The number of rotatable bonds is 5. The van der Waals surface area contributed by atoms with Crippen molar-refractivity contribution in [2.45, 2.75) is 32.9 Å². The highest BCUT2D eigenvalue weighted by molar-refractivity contribution is 8.03. The minimum atomic E-state index is -0.735. The van der Waals surface area contributed by atoms with Crippen LogP contribution in [0, 0.1) is 11.8 Å². The lowest BCUT2D eigenvalue weighted by molar-refractivity contribution is -0.162. The Morgan fingerprint density at radius 1 is 1.67 bits per heavy atom. The average molecular weight is 326 g/mol. The van der Waals surface area contributed by atoms with E-state index in [-0.39, 0.29) is 32.2 Å². The van der Waals surface area contributed by atoms with Gasteiger partial charge in [0.1, 0.15) is 5.70 Å². The van der Waals surface area contributed by atoms with Gasteiger partial charge < -0.3 is 19.2 Å². The zero-order valence-corrected chi connectivity index (χ0v) is 13.7. The molecule has 9 heteroatoms. The molecule has 4 unspecified atom stereocenters. The molecular weight excluding hydrogens is 310 g/mol. The third-order valence-electron chi connectivity index (χ3n) is 3.77. The first kappa shape index (κ1) is 16.5. The zero-order chi connectivity index (χ0) is 15.7. The first-order valence-electron chi connectivity index (χ1n) is 6.65. The summed E-state index contributed by atoms with van der Waals surface area (Å²) in [5.41, 5.74) is 0.275. The number of fused-ring (bicyclic) bond motifs is 1. The highest BCUT2D eigenvalue weighted by Gasteiger charge is 2.60. The Balaban J connectivity index is 2.34. The Labute approximate surface area is 130 Å². The van der Waals surface area contributed by atoms with E-state index in [2.05, 4.69) is 4.66 Å². The fourth-order valence-corrected chi connectivity index (χ4v) is 4.20. The minimum Gasteiger partial charge on any atom is -0.393 e. The molecule has 0 bridgehead atoms. The van der Waals surface area contributed by atoms with Crippen LogP contribution in [0.1, 0.15) is 20.8 Å². The molecule has 1 fully saturated rings. The Morgan fingerprint density at radius 3 is 2.86 bits per heavy atom. The van der Waals surface area contributed by atoms with Crippen LogP contribution in [0.2, 0.25) is 0 Å². The first-order valence-corrected chi connectivity index (χ1v) is 8.40. The van der Waals surface area contributed by atoms with Gasteiger partial charge in [0, 0.05) is 10.8 Å². The van der Waals surface area contributed by atoms with Crippen molar-refractivity contribution in [3.05, 3.63) is 10.6 Å². The SMILES string of the molecule is [B]N=POC(=O)C1=C(SCC)C(C)C2C(C(C)O)C(=O)N12. The molecular formula is C12H16BN2O4PS. The van der Waals surface area contributed by atoms with Crippen LogP contribution in [-0.2, 0) is 14.1 Å². The van der Waals surface area contributed by atoms with E-state index in [1.54, 1.807) is 6.92 Å². The van der Waals surface area contributed by atoms with Crippen molar-refractivity contribution in [1.82, 2.24) is 4.90 Å². The van der Waals surface area contributed by atoms with Crippen molar-refractivity contribution < 1.29 is 19.2 Å². The van der Waals surface area contributed by atoms with Crippen molar-refractivity contribution in [1.29, 1.82) is 0 Å². The number of thioether (sulfide) groups is 1. The molecule has 0 aromatic heterocycles. The molecule has 1 N–H and O–H groups in total. The first-order chi connectivity index (χ1) is 9.95. The van der Waals surface area contributed by atoms with Gasteiger partial charge in [0.2, 0.25) is 14.5 Å². The normalized spacial score (nSPS) is 29.6. The van der Waals surface area contributed by atoms with Crippen molar-refractivity contribution in [3.63, 3.8) is 0 Å². The minimum absolute atomic E-state index is 0.000976. The van der Waals surface area contributed by atoms with Crippen molar-refractivity contribution >= 4 is 40.2 Å². The van der Waals surface area contributed by atoms with Crippen LogP contribution in [0.4, 0.5) is 0 Å². The van der Waals surface area contributed by atoms with E-state index in [0.717, 1.165) is 10.7 Å². The Morgan fingerprint density at radius 2 is 2.33 bits per heavy atom. The lowest BCUT2D eigenvalue weighted by Gasteiger charge is -2.46. The number of aliphatic hydroxyl groups is 1. The number of carbonyl (C=O) groups excluding carboxylic acids is 2. The third kappa shape index (κ3) is 2.65. The summed E-state index contributed by atoms with van der Waals surface area (Å²) in [5, 5.41) is 9.77.